The zero-order chi connectivity index (χ0) is 24.6. The van der Waals surface area contributed by atoms with Crippen LogP contribution in [0.4, 0.5) is 5.69 Å². The van der Waals surface area contributed by atoms with Gasteiger partial charge in [0.15, 0.2) is 0 Å². The molecule has 35 heavy (non-hydrogen) atoms. The Hall–Kier alpha value is -2.19. The van der Waals surface area contributed by atoms with Gasteiger partial charge in [0.1, 0.15) is 11.3 Å². The van der Waals surface area contributed by atoms with Crippen molar-refractivity contribution in [1.82, 2.24) is 0 Å². The molecular formula is C27H33NO5S2. The number of aryl methyl sites for hydroxylation is 2. The molecule has 0 spiro atoms. The van der Waals surface area contributed by atoms with Gasteiger partial charge in [0, 0.05) is 12.0 Å². The maximum Gasteiger partial charge on any atom is 0.341 e. The molecule has 1 saturated heterocycles. The van der Waals surface area contributed by atoms with Crippen molar-refractivity contribution in [3.63, 3.8) is 0 Å². The quantitative estimate of drug-likeness (QED) is 0.456. The van der Waals surface area contributed by atoms with E-state index >= 15 is 0 Å². The number of esters is 1. The van der Waals surface area contributed by atoms with Gasteiger partial charge in [-0.2, -0.15) is 11.8 Å². The van der Waals surface area contributed by atoms with Gasteiger partial charge >= 0.3 is 5.97 Å². The fraction of sp³-hybridized carbons (Fsp3) is 0.519. The van der Waals surface area contributed by atoms with Crippen molar-refractivity contribution in [2.75, 3.05) is 29.5 Å². The lowest BCUT2D eigenvalue weighted by atomic mass is 9.93. The molecule has 0 bridgehead atoms. The third-order valence-corrected chi connectivity index (χ3v) is 10.4. The van der Waals surface area contributed by atoms with E-state index in [4.69, 9.17) is 9.47 Å². The molecule has 0 radical (unpaired) electrons. The summed E-state index contributed by atoms with van der Waals surface area (Å²) < 4.78 is 40.8. The van der Waals surface area contributed by atoms with E-state index in [9.17, 15) is 13.2 Å². The molecule has 1 saturated carbocycles. The van der Waals surface area contributed by atoms with Crippen LogP contribution in [0.3, 0.4) is 0 Å². The average Bonchev–Trinajstić information content (AvgIpc) is 3.60. The molecule has 2 atom stereocenters. The molecule has 2 fully saturated rings. The molecule has 1 unspecified atom stereocenters. The van der Waals surface area contributed by atoms with Crippen molar-refractivity contribution in [2.45, 2.75) is 56.4 Å². The molecular weight excluding hydrogens is 482 g/mol. The van der Waals surface area contributed by atoms with Gasteiger partial charge in [-0.05, 0) is 91.3 Å². The lowest BCUT2D eigenvalue weighted by Gasteiger charge is -2.38. The van der Waals surface area contributed by atoms with Gasteiger partial charge in [-0.25, -0.2) is 13.2 Å². The number of hydrogen-bond donors (Lipinski definition) is 0. The summed E-state index contributed by atoms with van der Waals surface area (Å²) in [4.78, 5) is 12.7. The smallest absolute Gasteiger partial charge is 0.341 e. The highest BCUT2D eigenvalue weighted by molar-refractivity contribution is 7.99. The number of hydrogen-bond acceptors (Lipinski definition) is 6. The summed E-state index contributed by atoms with van der Waals surface area (Å²) in [5.74, 6) is 2.76. The number of ether oxygens (including phenoxy) is 2. The highest BCUT2D eigenvalue weighted by atomic mass is 32.2. The van der Waals surface area contributed by atoms with Crippen LogP contribution in [-0.2, 0) is 27.6 Å². The van der Waals surface area contributed by atoms with Crippen LogP contribution in [-0.4, -0.2) is 45.7 Å². The van der Waals surface area contributed by atoms with Crippen LogP contribution < -0.4 is 9.04 Å². The number of thioether (sulfide) groups is 1. The minimum Gasteiger partial charge on any atom is -0.492 e. The van der Waals surface area contributed by atoms with Crippen molar-refractivity contribution < 1.29 is 22.7 Å². The molecule has 2 aromatic rings. The number of sulfonamides is 1. The van der Waals surface area contributed by atoms with Crippen LogP contribution >= 0.6 is 11.8 Å². The molecule has 2 aliphatic heterocycles. The Balaban J connectivity index is 1.51. The topological polar surface area (TPSA) is 72.9 Å². The fourth-order valence-electron chi connectivity index (χ4n) is 5.19. The molecule has 1 aliphatic carbocycles. The predicted molar refractivity (Wildman–Crippen MR) is 139 cm³/mol. The highest BCUT2D eigenvalue weighted by Gasteiger charge is 2.44. The minimum absolute atomic E-state index is 0.0580. The van der Waals surface area contributed by atoms with Crippen LogP contribution in [0.25, 0.3) is 0 Å². The Labute approximate surface area is 212 Å². The van der Waals surface area contributed by atoms with Gasteiger partial charge in [0.2, 0.25) is 0 Å². The van der Waals surface area contributed by atoms with Crippen molar-refractivity contribution in [3.05, 3.63) is 53.1 Å². The van der Waals surface area contributed by atoms with Crippen molar-refractivity contribution >= 4 is 33.4 Å². The van der Waals surface area contributed by atoms with Crippen LogP contribution in [0, 0.1) is 11.8 Å². The highest BCUT2D eigenvalue weighted by Crippen LogP contribution is 2.45. The first-order valence-corrected chi connectivity index (χ1v) is 15.1. The van der Waals surface area contributed by atoms with Crippen molar-refractivity contribution in [2.24, 2.45) is 11.8 Å². The number of nitrogens with zero attached hydrogens (tertiary/aromatic N) is 1. The Bertz CT molecular complexity index is 1200. The van der Waals surface area contributed by atoms with Gasteiger partial charge in [-0.3, -0.25) is 4.31 Å². The third kappa shape index (κ3) is 4.92. The molecule has 0 N–H and O–H groups in total. The molecule has 0 amide bonds. The second-order valence-corrected chi connectivity index (χ2v) is 12.7. The van der Waals surface area contributed by atoms with E-state index in [-0.39, 0.29) is 16.5 Å². The fourth-order valence-corrected chi connectivity index (χ4v) is 8.26. The van der Waals surface area contributed by atoms with Crippen LogP contribution in [0.2, 0.25) is 0 Å². The monoisotopic (exact) mass is 515 g/mol. The summed E-state index contributed by atoms with van der Waals surface area (Å²) in [5, 5.41) is 0. The van der Waals surface area contributed by atoms with Crippen molar-refractivity contribution in [1.29, 1.82) is 0 Å². The summed E-state index contributed by atoms with van der Waals surface area (Å²) in [5.41, 5.74) is 3.21. The van der Waals surface area contributed by atoms with E-state index < -0.39 is 16.0 Å². The van der Waals surface area contributed by atoms with Crippen LogP contribution in [0.1, 0.15) is 54.1 Å². The number of carbonyl (C=O) groups excluding carboxylic acids is 1. The number of rotatable bonds is 8. The van der Waals surface area contributed by atoms with Gasteiger partial charge in [-0.15, -0.1) is 0 Å². The largest absolute Gasteiger partial charge is 0.492 e. The van der Waals surface area contributed by atoms with E-state index in [2.05, 4.69) is 13.0 Å². The molecule has 6 nitrogen and oxygen atoms in total. The maximum atomic E-state index is 14.1. The average molecular weight is 516 g/mol. The minimum atomic E-state index is -3.89. The first-order valence-electron chi connectivity index (χ1n) is 12.5. The van der Waals surface area contributed by atoms with E-state index in [0.29, 0.717) is 24.2 Å². The Morgan fingerprint density at radius 3 is 2.63 bits per heavy atom. The third-order valence-electron chi connectivity index (χ3n) is 7.38. The Kier molecular flexibility index (Phi) is 7.04. The SMILES string of the molecule is CCc1ccc2c(c1)CC[C@@H](C1CC1)N2S(=O)(=O)c1ccc(OCC2CCSC2)c(C(=O)OC)c1. The van der Waals surface area contributed by atoms with E-state index in [0.717, 1.165) is 61.3 Å². The Morgan fingerprint density at radius 1 is 1.11 bits per heavy atom. The first kappa shape index (κ1) is 24.5. The molecule has 8 heteroatoms. The van der Waals surface area contributed by atoms with E-state index in [1.807, 2.05) is 23.9 Å². The Morgan fingerprint density at radius 2 is 1.94 bits per heavy atom. The number of benzene rings is 2. The zero-order valence-corrected chi connectivity index (χ0v) is 22.0. The predicted octanol–water partition coefficient (Wildman–Crippen LogP) is 5.09. The summed E-state index contributed by atoms with van der Waals surface area (Å²) in [6, 6.07) is 10.7. The molecule has 0 aromatic heterocycles. The zero-order valence-electron chi connectivity index (χ0n) is 20.4. The molecule has 2 aromatic carbocycles. The number of methoxy groups -OCH3 is 1. The lowest BCUT2D eigenvalue weighted by molar-refractivity contribution is 0.0595. The van der Waals surface area contributed by atoms with E-state index in [1.165, 1.54) is 18.7 Å². The summed E-state index contributed by atoms with van der Waals surface area (Å²) >= 11 is 1.90. The molecule has 2 heterocycles. The van der Waals surface area contributed by atoms with Gasteiger partial charge < -0.3 is 9.47 Å². The summed E-state index contributed by atoms with van der Waals surface area (Å²) in [6.07, 6.45) is 5.80. The second kappa shape index (κ2) is 10.1. The molecule has 188 valence electrons. The van der Waals surface area contributed by atoms with E-state index in [1.54, 1.807) is 16.4 Å². The van der Waals surface area contributed by atoms with Gasteiger partial charge in [0.05, 0.1) is 24.3 Å². The number of fused-ring (bicyclic) bond motifs is 1. The van der Waals surface area contributed by atoms with Crippen molar-refractivity contribution in [3.8, 4) is 5.75 Å². The second-order valence-electron chi connectivity index (χ2n) is 9.75. The van der Waals surface area contributed by atoms with Crippen LogP contribution in [0.15, 0.2) is 41.3 Å². The first-order chi connectivity index (χ1) is 16.9. The maximum absolute atomic E-state index is 14.1. The van der Waals surface area contributed by atoms with Gasteiger partial charge in [-0.1, -0.05) is 19.1 Å². The van der Waals surface area contributed by atoms with Crippen LogP contribution in [0.5, 0.6) is 5.75 Å². The number of anilines is 1. The molecule has 5 rings (SSSR count). The summed E-state index contributed by atoms with van der Waals surface area (Å²) in [7, 11) is -2.59. The standard InChI is InChI=1S/C27H33NO5S2/c1-3-18-4-9-25-21(14-18)7-10-24(20-5-6-20)28(25)35(30,31)22-8-11-26(23(15-22)27(29)32-2)33-16-19-12-13-34-17-19/h4,8-9,11,14-15,19-20,24H,3,5-7,10,12-13,16-17H2,1-2H3/t19?,24-/m0/s1. The lowest BCUT2D eigenvalue weighted by Crippen LogP contribution is -2.45. The van der Waals surface area contributed by atoms with Gasteiger partial charge in [0.25, 0.3) is 10.0 Å². The number of carbonyl (C=O) groups is 1. The molecule has 3 aliphatic rings. The summed E-state index contributed by atoms with van der Waals surface area (Å²) in [6.45, 7) is 2.61. The normalized spacial score (nSPS) is 22.1.